The van der Waals surface area contributed by atoms with E-state index in [-0.39, 0.29) is 24.2 Å². The van der Waals surface area contributed by atoms with Crippen LogP contribution in [-0.2, 0) is 0 Å². The summed E-state index contributed by atoms with van der Waals surface area (Å²) in [6.45, 7) is 3.59. The molecule has 1 atom stereocenters. The van der Waals surface area contributed by atoms with Crippen molar-refractivity contribution in [1.82, 2.24) is 0 Å². The molecule has 0 unspecified atom stereocenters. The number of phenols is 1. The monoisotopic (exact) mass is 311 g/mol. The van der Waals surface area contributed by atoms with Crippen molar-refractivity contribution >= 4 is 39.9 Å². The highest BCUT2D eigenvalue weighted by Crippen LogP contribution is 2.35. The van der Waals surface area contributed by atoms with Crippen LogP contribution in [-0.4, -0.2) is 5.11 Å². The van der Waals surface area contributed by atoms with Gasteiger partial charge in [-0.3, -0.25) is 0 Å². The minimum Gasteiger partial charge on any atom is -0.506 e. The Morgan fingerprint density at radius 2 is 2.20 bits per heavy atom. The van der Waals surface area contributed by atoms with Gasteiger partial charge in [0.15, 0.2) is 0 Å². The van der Waals surface area contributed by atoms with E-state index in [0.717, 1.165) is 4.47 Å². The van der Waals surface area contributed by atoms with Gasteiger partial charge in [-0.1, -0.05) is 33.6 Å². The molecule has 0 amide bonds. The van der Waals surface area contributed by atoms with Crippen molar-refractivity contribution in [2.75, 3.05) is 0 Å². The first kappa shape index (κ1) is 14.8. The van der Waals surface area contributed by atoms with Gasteiger partial charge in [-0.2, -0.15) is 0 Å². The van der Waals surface area contributed by atoms with Crippen molar-refractivity contribution in [2.24, 2.45) is 5.73 Å². The lowest BCUT2D eigenvalue weighted by molar-refractivity contribution is 0.462. The summed E-state index contributed by atoms with van der Waals surface area (Å²) in [5.41, 5.74) is 6.46. The smallest absolute Gasteiger partial charge is 0.139 e. The number of phenolic OH excluding ortho intramolecular Hbond substituents is 1. The van der Waals surface area contributed by atoms with E-state index in [1.54, 1.807) is 18.2 Å². The summed E-state index contributed by atoms with van der Waals surface area (Å²) in [5.74, 6) is 0.0456. The van der Waals surface area contributed by atoms with E-state index in [9.17, 15) is 5.11 Å². The molecule has 0 aliphatic rings. The quantitative estimate of drug-likeness (QED) is 0.834. The topological polar surface area (TPSA) is 46.2 Å². The highest BCUT2D eigenvalue weighted by atomic mass is 79.9. The number of aromatic hydroxyl groups is 1. The Labute approximate surface area is 109 Å². The van der Waals surface area contributed by atoms with Gasteiger partial charge < -0.3 is 10.8 Å². The Hall–Kier alpha value is -0.220. The second kappa shape index (κ2) is 6.38. The molecule has 0 bridgehead atoms. The second-order valence-corrected chi connectivity index (χ2v) is 4.28. The largest absolute Gasteiger partial charge is 0.506 e. The zero-order chi connectivity index (χ0) is 10.7. The minimum absolute atomic E-state index is 0. The fourth-order valence-electron chi connectivity index (χ4n) is 1.18. The predicted molar refractivity (Wildman–Crippen MR) is 69.8 cm³/mol. The Bertz CT molecular complexity index is 358. The molecule has 0 fully saturated rings. The van der Waals surface area contributed by atoms with Crippen molar-refractivity contribution in [3.05, 3.63) is 39.8 Å². The first-order chi connectivity index (χ1) is 6.56. The standard InChI is InChI=1S/C10H11BrClNO.ClH/c1-2-3-9(13)7-4-6(11)5-8(12)10(7)14;/h2,4-5,9,14H,1,3,13H2;1H/t9-;/m0./s1. The molecule has 3 N–H and O–H groups in total. The van der Waals surface area contributed by atoms with Crippen LogP contribution in [0.4, 0.5) is 0 Å². The maximum Gasteiger partial charge on any atom is 0.139 e. The molecule has 2 nitrogen and oxygen atoms in total. The maximum atomic E-state index is 9.65. The van der Waals surface area contributed by atoms with Crippen LogP contribution in [0.15, 0.2) is 29.3 Å². The molecule has 1 rings (SSSR count). The summed E-state index contributed by atoms with van der Waals surface area (Å²) in [5, 5.41) is 9.95. The Morgan fingerprint density at radius 1 is 1.60 bits per heavy atom. The van der Waals surface area contributed by atoms with Gasteiger partial charge in [0.25, 0.3) is 0 Å². The summed E-state index contributed by atoms with van der Waals surface area (Å²) in [4.78, 5) is 0. The number of rotatable bonds is 3. The van der Waals surface area contributed by atoms with Crippen molar-refractivity contribution in [2.45, 2.75) is 12.5 Å². The van der Waals surface area contributed by atoms with E-state index < -0.39 is 0 Å². The van der Waals surface area contributed by atoms with Crippen LogP contribution in [0.5, 0.6) is 5.75 Å². The third kappa shape index (κ3) is 3.68. The van der Waals surface area contributed by atoms with Crippen LogP contribution in [0.1, 0.15) is 18.0 Å². The molecule has 0 spiro atoms. The summed E-state index contributed by atoms with van der Waals surface area (Å²) in [6.07, 6.45) is 2.30. The molecular weight excluding hydrogens is 301 g/mol. The number of nitrogens with two attached hydrogens (primary N) is 1. The summed E-state index contributed by atoms with van der Waals surface area (Å²) in [6, 6.07) is 3.11. The van der Waals surface area contributed by atoms with E-state index >= 15 is 0 Å². The molecule has 0 heterocycles. The van der Waals surface area contributed by atoms with Gasteiger partial charge in [0.05, 0.1) is 5.02 Å². The lowest BCUT2D eigenvalue weighted by Gasteiger charge is -2.13. The molecule has 5 heteroatoms. The van der Waals surface area contributed by atoms with Crippen LogP contribution in [0.3, 0.4) is 0 Å². The van der Waals surface area contributed by atoms with Crippen LogP contribution in [0.25, 0.3) is 0 Å². The van der Waals surface area contributed by atoms with Crippen molar-refractivity contribution in [1.29, 1.82) is 0 Å². The van der Waals surface area contributed by atoms with E-state index in [4.69, 9.17) is 17.3 Å². The normalized spacial score (nSPS) is 11.7. The lowest BCUT2D eigenvalue weighted by Crippen LogP contribution is -2.09. The molecule has 0 saturated carbocycles. The second-order valence-electron chi connectivity index (χ2n) is 2.96. The summed E-state index contributed by atoms with van der Waals surface area (Å²) in [7, 11) is 0. The molecule has 15 heavy (non-hydrogen) atoms. The fraction of sp³-hybridized carbons (Fsp3) is 0.200. The lowest BCUT2D eigenvalue weighted by atomic mass is 10.0. The fourth-order valence-corrected chi connectivity index (χ4v) is 2.01. The Morgan fingerprint density at radius 3 is 2.73 bits per heavy atom. The Kier molecular flexibility index (Phi) is 6.29. The molecule has 0 aliphatic carbocycles. The molecule has 0 aliphatic heterocycles. The van der Waals surface area contributed by atoms with Gasteiger partial charge in [0.2, 0.25) is 0 Å². The van der Waals surface area contributed by atoms with E-state index in [0.29, 0.717) is 17.0 Å². The molecule has 1 aromatic rings. The molecule has 1 aromatic carbocycles. The van der Waals surface area contributed by atoms with Gasteiger partial charge in [-0.05, 0) is 18.6 Å². The van der Waals surface area contributed by atoms with Crippen LogP contribution >= 0.6 is 39.9 Å². The first-order valence-electron chi connectivity index (χ1n) is 4.10. The van der Waals surface area contributed by atoms with Crippen LogP contribution in [0, 0.1) is 0 Å². The third-order valence-corrected chi connectivity index (χ3v) is 2.62. The third-order valence-electron chi connectivity index (χ3n) is 1.88. The number of benzene rings is 1. The Balaban J connectivity index is 0.00000196. The van der Waals surface area contributed by atoms with Gasteiger partial charge >= 0.3 is 0 Å². The number of hydrogen-bond donors (Lipinski definition) is 2. The summed E-state index contributed by atoms with van der Waals surface area (Å²) >= 11 is 9.09. The molecule has 0 saturated heterocycles. The van der Waals surface area contributed by atoms with Gasteiger partial charge in [-0.15, -0.1) is 19.0 Å². The van der Waals surface area contributed by atoms with Crippen molar-refractivity contribution in [3.8, 4) is 5.75 Å². The SMILES string of the molecule is C=CC[C@H](N)c1cc(Br)cc(Cl)c1O.Cl. The maximum absolute atomic E-state index is 9.65. The molecule has 0 radical (unpaired) electrons. The van der Waals surface area contributed by atoms with Crippen molar-refractivity contribution in [3.63, 3.8) is 0 Å². The zero-order valence-corrected chi connectivity index (χ0v) is 11.1. The van der Waals surface area contributed by atoms with E-state index in [1.165, 1.54) is 0 Å². The average molecular weight is 313 g/mol. The van der Waals surface area contributed by atoms with Crippen LogP contribution < -0.4 is 5.73 Å². The first-order valence-corrected chi connectivity index (χ1v) is 5.27. The average Bonchev–Trinajstić information content (AvgIpc) is 2.11. The highest BCUT2D eigenvalue weighted by molar-refractivity contribution is 9.10. The van der Waals surface area contributed by atoms with Crippen molar-refractivity contribution < 1.29 is 5.11 Å². The number of halogens is 3. The summed E-state index contributed by atoms with van der Waals surface area (Å²) < 4.78 is 0.801. The minimum atomic E-state index is -0.275. The van der Waals surface area contributed by atoms with Gasteiger partial charge in [-0.25, -0.2) is 0 Å². The molecule has 84 valence electrons. The van der Waals surface area contributed by atoms with E-state index in [1.807, 2.05) is 0 Å². The molecule has 0 aromatic heterocycles. The predicted octanol–water partition coefficient (Wildman–Crippen LogP) is 3.81. The van der Waals surface area contributed by atoms with E-state index in [2.05, 4.69) is 22.5 Å². The van der Waals surface area contributed by atoms with Crippen LogP contribution in [0.2, 0.25) is 5.02 Å². The number of hydrogen-bond acceptors (Lipinski definition) is 2. The molecular formula is C10H12BrCl2NO. The van der Waals surface area contributed by atoms with Gasteiger partial charge in [0, 0.05) is 16.1 Å². The zero-order valence-electron chi connectivity index (χ0n) is 7.91. The highest BCUT2D eigenvalue weighted by Gasteiger charge is 2.13. The van der Waals surface area contributed by atoms with Gasteiger partial charge in [0.1, 0.15) is 5.75 Å².